The SMILES string of the molecule is Cc1cccc(CC(=O)NC[C@H]2[C@H]3CN(CCn4nccc4C)C[C@]34CC[C@H]2O4)c1. The van der Waals surface area contributed by atoms with Crippen LogP contribution in [-0.4, -0.2) is 58.5 Å². The lowest BCUT2D eigenvalue weighted by Crippen LogP contribution is -2.42. The summed E-state index contributed by atoms with van der Waals surface area (Å²) in [6.45, 7) is 8.90. The molecule has 1 N–H and O–H groups in total. The predicted molar refractivity (Wildman–Crippen MR) is 115 cm³/mol. The first-order valence-corrected chi connectivity index (χ1v) is 11.2. The number of likely N-dealkylation sites (tertiary alicyclic amines) is 1. The number of carbonyl (C=O) groups is 1. The van der Waals surface area contributed by atoms with Crippen LogP contribution in [0.5, 0.6) is 0 Å². The molecule has 5 rings (SSSR count). The largest absolute Gasteiger partial charge is 0.370 e. The molecule has 3 saturated heterocycles. The molecule has 6 heteroatoms. The van der Waals surface area contributed by atoms with Gasteiger partial charge in [-0.2, -0.15) is 5.10 Å². The lowest BCUT2D eigenvalue weighted by molar-refractivity contribution is -0.120. The summed E-state index contributed by atoms with van der Waals surface area (Å²) in [6.07, 6.45) is 4.91. The van der Waals surface area contributed by atoms with E-state index in [1.165, 1.54) is 11.3 Å². The number of amides is 1. The fraction of sp³-hybridized carbons (Fsp3) is 0.583. The number of aromatic nitrogens is 2. The Hall–Kier alpha value is -2.18. The van der Waals surface area contributed by atoms with Crippen LogP contribution in [0.3, 0.4) is 0 Å². The van der Waals surface area contributed by atoms with Crippen molar-refractivity contribution in [3.63, 3.8) is 0 Å². The highest BCUT2D eigenvalue weighted by molar-refractivity contribution is 5.78. The number of hydrogen-bond donors (Lipinski definition) is 1. The quantitative estimate of drug-likeness (QED) is 0.764. The molecule has 2 bridgehead atoms. The van der Waals surface area contributed by atoms with Crippen LogP contribution < -0.4 is 5.32 Å². The highest BCUT2D eigenvalue weighted by Crippen LogP contribution is 2.54. The van der Waals surface area contributed by atoms with E-state index in [0.717, 1.165) is 51.1 Å². The van der Waals surface area contributed by atoms with Gasteiger partial charge >= 0.3 is 0 Å². The molecule has 1 amide bonds. The molecule has 160 valence electrons. The molecule has 0 radical (unpaired) electrons. The van der Waals surface area contributed by atoms with Gasteiger partial charge in [0.25, 0.3) is 0 Å². The van der Waals surface area contributed by atoms with Crippen LogP contribution in [-0.2, 0) is 22.5 Å². The Labute approximate surface area is 178 Å². The van der Waals surface area contributed by atoms with Crippen LogP contribution >= 0.6 is 0 Å². The summed E-state index contributed by atoms with van der Waals surface area (Å²) in [6, 6.07) is 10.2. The van der Waals surface area contributed by atoms with E-state index in [1.807, 2.05) is 18.3 Å². The smallest absolute Gasteiger partial charge is 0.224 e. The van der Waals surface area contributed by atoms with Crippen molar-refractivity contribution in [2.75, 3.05) is 26.2 Å². The zero-order valence-electron chi connectivity index (χ0n) is 18.0. The van der Waals surface area contributed by atoms with E-state index in [2.05, 4.69) is 52.0 Å². The Morgan fingerprint density at radius 3 is 3.00 bits per heavy atom. The summed E-state index contributed by atoms with van der Waals surface area (Å²) in [5.41, 5.74) is 3.49. The Morgan fingerprint density at radius 1 is 1.30 bits per heavy atom. The van der Waals surface area contributed by atoms with Crippen molar-refractivity contribution in [2.24, 2.45) is 11.8 Å². The second-order valence-electron chi connectivity index (χ2n) is 9.43. The van der Waals surface area contributed by atoms with Gasteiger partial charge in [-0.25, -0.2) is 0 Å². The second-order valence-corrected chi connectivity index (χ2v) is 9.43. The van der Waals surface area contributed by atoms with Crippen molar-refractivity contribution < 1.29 is 9.53 Å². The average molecular weight is 409 g/mol. The molecule has 30 heavy (non-hydrogen) atoms. The molecule has 4 heterocycles. The normalized spacial score (nSPS) is 30.0. The lowest BCUT2D eigenvalue weighted by Gasteiger charge is -2.29. The van der Waals surface area contributed by atoms with Crippen molar-refractivity contribution in [3.05, 3.63) is 53.3 Å². The van der Waals surface area contributed by atoms with Crippen LogP contribution in [0.4, 0.5) is 0 Å². The lowest BCUT2D eigenvalue weighted by atomic mass is 9.73. The average Bonchev–Trinajstić information content (AvgIpc) is 3.45. The molecule has 6 nitrogen and oxygen atoms in total. The first-order valence-electron chi connectivity index (χ1n) is 11.2. The number of ether oxygens (including phenoxy) is 1. The zero-order chi connectivity index (χ0) is 20.7. The van der Waals surface area contributed by atoms with Crippen molar-refractivity contribution >= 4 is 5.91 Å². The third kappa shape index (κ3) is 3.67. The Balaban J connectivity index is 1.17. The minimum absolute atomic E-state index is 0.00969. The minimum atomic E-state index is 0.00969. The van der Waals surface area contributed by atoms with Gasteiger partial charge in [0, 0.05) is 49.9 Å². The van der Waals surface area contributed by atoms with Crippen LogP contribution in [0.2, 0.25) is 0 Å². The van der Waals surface area contributed by atoms with Crippen molar-refractivity contribution in [1.82, 2.24) is 20.0 Å². The summed E-state index contributed by atoms with van der Waals surface area (Å²) in [5, 5.41) is 7.62. The maximum Gasteiger partial charge on any atom is 0.224 e. The Morgan fingerprint density at radius 2 is 2.20 bits per heavy atom. The minimum Gasteiger partial charge on any atom is -0.370 e. The van der Waals surface area contributed by atoms with E-state index in [0.29, 0.717) is 24.4 Å². The first-order chi connectivity index (χ1) is 14.5. The number of aryl methyl sites for hydroxylation is 2. The highest BCUT2D eigenvalue weighted by atomic mass is 16.5. The van der Waals surface area contributed by atoms with E-state index < -0.39 is 0 Å². The molecule has 0 unspecified atom stereocenters. The predicted octanol–water partition coefficient (Wildman–Crippen LogP) is 2.34. The van der Waals surface area contributed by atoms with Crippen molar-refractivity contribution in [2.45, 2.75) is 51.4 Å². The van der Waals surface area contributed by atoms with Gasteiger partial charge in [0.05, 0.1) is 24.7 Å². The number of benzene rings is 1. The van der Waals surface area contributed by atoms with E-state index in [1.54, 1.807) is 0 Å². The Kier molecular flexibility index (Phi) is 5.15. The van der Waals surface area contributed by atoms with Gasteiger partial charge in [-0.1, -0.05) is 29.8 Å². The third-order valence-corrected chi connectivity index (χ3v) is 7.39. The van der Waals surface area contributed by atoms with Gasteiger partial charge in [-0.15, -0.1) is 0 Å². The molecule has 1 spiro atoms. The summed E-state index contributed by atoms with van der Waals surface area (Å²) < 4.78 is 8.61. The van der Waals surface area contributed by atoms with E-state index in [-0.39, 0.29) is 11.5 Å². The Bertz CT molecular complexity index is 925. The molecule has 2 aromatic rings. The maximum absolute atomic E-state index is 12.5. The summed E-state index contributed by atoms with van der Waals surface area (Å²) in [7, 11) is 0. The number of rotatable bonds is 7. The molecule has 3 fully saturated rings. The van der Waals surface area contributed by atoms with Gasteiger partial charge in [0.2, 0.25) is 5.91 Å². The van der Waals surface area contributed by atoms with Gasteiger partial charge in [-0.3, -0.25) is 14.4 Å². The molecule has 4 atom stereocenters. The summed E-state index contributed by atoms with van der Waals surface area (Å²) in [5.74, 6) is 1.06. The van der Waals surface area contributed by atoms with Crippen LogP contribution in [0.25, 0.3) is 0 Å². The molecule has 0 aliphatic carbocycles. The molecule has 3 aliphatic rings. The van der Waals surface area contributed by atoms with E-state index in [9.17, 15) is 4.79 Å². The second kappa shape index (κ2) is 7.82. The van der Waals surface area contributed by atoms with Gasteiger partial charge in [0.1, 0.15) is 0 Å². The molecular weight excluding hydrogens is 376 g/mol. The van der Waals surface area contributed by atoms with Crippen LogP contribution in [0, 0.1) is 25.7 Å². The van der Waals surface area contributed by atoms with Gasteiger partial charge < -0.3 is 10.1 Å². The number of hydrogen-bond acceptors (Lipinski definition) is 4. The maximum atomic E-state index is 12.5. The standard InChI is InChI=1S/C24H32N4O2/c1-17-4-3-5-19(12-17)13-23(29)25-14-20-21-15-27(10-11-28-18(2)7-9-26-28)16-24(21)8-6-22(20)30-24/h3-5,7,9,12,20-22H,6,8,10-11,13-16H2,1-2H3,(H,25,29)/t20-,21+,22+,24+/m0/s1. The first kappa shape index (κ1) is 19.8. The van der Waals surface area contributed by atoms with Gasteiger partial charge in [0.15, 0.2) is 0 Å². The van der Waals surface area contributed by atoms with Crippen molar-refractivity contribution in [1.29, 1.82) is 0 Å². The zero-order valence-corrected chi connectivity index (χ0v) is 18.0. The summed E-state index contributed by atoms with van der Waals surface area (Å²) >= 11 is 0. The molecule has 1 aromatic heterocycles. The summed E-state index contributed by atoms with van der Waals surface area (Å²) in [4.78, 5) is 15.1. The molecular formula is C24H32N4O2. The third-order valence-electron chi connectivity index (χ3n) is 7.39. The van der Waals surface area contributed by atoms with Crippen molar-refractivity contribution in [3.8, 4) is 0 Å². The number of carbonyl (C=O) groups excluding carboxylic acids is 1. The highest BCUT2D eigenvalue weighted by Gasteiger charge is 2.62. The topological polar surface area (TPSA) is 59.4 Å². The van der Waals surface area contributed by atoms with Gasteiger partial charge in [-0.05, 0) is 38.3 Å². The molecule has 3 aliphatic heterocycles. The van der Waals surface area contributed by atoms with Crippen LogP contribution in [0.1, 0.15) is 29.7 Å². The number of nitrogens with zero attached hydrogens (tertiary/aromatic N) is 3. The number of nitrogens with one attached hydrogen (secondary N) is 1. The van der Waals surface area contributed by atoms with E-state index >= 15 is 0 Å². The molecule has 1 aromatic carbocycles. The molecule has 0 saturated carbocycles. The van der Waals surface area contributed by atoms with E-state index in [4.69, 9.17) is 4.74 Å². The fourth-order valence-corrected chi connectivity index (χ4v) is 5.90. The fourth-order valence-electron chi connectivity index (χ4n) is 5.90. The van der Waals surface area contributed by atoms with Crippen LogP contribution in [0.15, 0.2) is 36.5 Å². The number of fused-ring (bicyclic) bond motifs is 1. The monoisotopic (exact) mass is 408 g/mol.